The molecule has 0 fully saturated rings. The van der Waals surface area contributed by atoms with Gasteiger partial charge in [-0.1, -0.05) is 31.5 Å². The fourth-order valence-corrected chi connectivity index (χ4v) is 3.10. The topological polar surface area (TPSA) is 34.0 Å². The molecule has 0 saturated heterocycles. The van der Waals surface area contributed by atoms with Crippen molar-refractivity contribution >= 4 is 22.5 Å². The van der Waals surface area contributed by atoms with Gasteiger partial charge in [-0.05, 0) is 42.3 Å². The van der Waals surface area contributed by atoms with E-state index in [4.69, 9.17) is 0 Å². The summed E-state index contributed by atoms with van der Waals surface area (Å²) in [6.45, 7) is 3.02. The SMILES string of the molecule is CCCCn1cc(CC(=O)Nc2ccc(C(F)(F)F)cc2)c2ccccc21. The van der Waals surface area contributed by atoms with Gasteiger partial charge in [-0.2, -0.15) is 13.2 Å². The van der Waals surface area contributed by atoms with Crippen LogP contribution in [0.25, 0.3) is 10.9 Å². The van der Waals surface area contributed by atoms with Crippen LogP contribution in [0, 0.1) is 0 Å². The highest BCUT2D eigenvalue weighted by Crippen LogP contribution is 2.30. The fraction of sp³-hybridized carbons (Fsp3) is 0.286. The molecule has 0 radical (unpaired) electrons. The monoisotopic (exact) mass is 374 g/mol. The fourth-order valence-electron chi connectivity index (χ4n) is 3.10. The van der Waals surface area contributed by atoms with Crippen molar-refractivity contribution in [3.05, 3.63) is 65.9 Å². The summed E-state index contributed by atoms with van der Waals surface area (Å²) in [5, 5.41) is 3.69. The number of aromatic nitrogens is 1. The van der Waals surface area contributed by atoms with Gasteiger partial charge in [0, 0.05) is 29.3 Å². The third kappa shape index (κ3) is 4.51. The number of amides is 1. The zero-order chi connectivity index (χ0) is 19.4. The summed E-state index contributed by atoms with van der Waals surface area (Å²) < 4.78 is 40.0. The Morgan fingerprint density at radius 1 is 1.07 bits per heavy atom. The van der Waals surface area contributed by atoms with E-state index in [0.29, 0.717) is 5.69 Å². The van der Waals surface area contributed by atoms with E-state index in [1.54, 1.807) is 0 Å². The number of fused-ring (bicyclic) bond motifs is 1. The second-order valence-electron chi connectivity index (χ2n) is 6.52. The molecule has 0 unspecified atom stereocenters. The maximum atomic E-state index is 12.6. The van der Waals surface area contributed by atoms with Gasteiger partial charge < -0.3 is 9.88 Å². The molecule has 27 heavy (non-hydrogen) atoms. The number of para-hydroxylation sites is 1. The van der Waals surface area contributed by atoms with Crippen LogP contribution in [-0.4, -0.2) is 10.5 Å². The van der Waals surface area contributed by atoms with Crippen molar-refractivity contribution in [2.45, 2.75) is 38.9 Å². The number of anilines is 1. The van der Waals surface area contributed by atoms with E-state index in [-0.39, 0.29) is 12.3 Å². The molecule has 0 aliphatic carbocycles. The Morgan fingerprint density at radius 3 is 2.44 bits per heavy atom. The predicted octanol–water partition coefficient (Wildman–Crippen LogP) is 5.64. The number of aryl methyl sites for hydroxylation is 1. The summed E-state index contributed by atoms with van der Waals surface area (Å²) in [5.41, 5.74) is 1.61. The lowest BCUT2D eigenvalue weighted by Crippen LogP contribution is -2.14. The lowest BCUT2D eigenvalue weighted by Gasteiger charge is -2.08. The van der Waals surface area contributed by atoms with Gasteiger partial charge in [0.05, 0.1) is 12.0 Å². The van der Waals surface area contributed by atoms with Crippen LogP contribution in [0.1, 0.15) is 30.9 Å². The van der Waals surface area contributed by atoms with Crippen molar-refractivity contribution < 1.29 is 18.0 Å². The summed E-state index contributed by atoms with van der Waals surface area (Å²) in [4.78, 5) is 12.4. The standard InChI is InChI=1S/C21H21F3N2O/c1-2-3-12-26-14-15(18-6-4-5-7-19(18)26)13-20(27)25-17-10-8-16(9-11-17)21(22,23)24/h4-11,14H,2-3,12-13H2,1H3,(H,25,27). The van der Waals surface area contributed by atoms with Crippen LogP contribution >= 0.6 is 0 Å². The maximum absolute atomic E-state index is 12.6. The smallest absolute Gasteiger partial charge is 0.347 e. The van der Waals surface area contributed by atoms with E-state index >= 15 is 0 Å². The van der Waals surface area contributed by atoms with E-state index < -0.39 is 11.7 Å². The van der Waals surface area contributed by atoms with Crippen molar-refractivity contribution in [2.75, 3.05) is 5.32 Å². The molecule has 0 atom stereocenters. The molecule has 3 aromatic rings. The Hall–Kier alpha value is -2.76. The first-order valence-electron chi connectivity index (χ1n) is 8.92. The highest BCUT2D eigenvalue weighted by molar-refractivity contribution is 5.96. The van der Waals surface area contributed by atoms with E-state index in [9.17, 15) is 18.0 Å². The Morgan fingerprint density at radius 2 is 1.78 bits per heavy atom. The van der Waals surface area contributed by atoms with Gasteiger partial charge in [-0.15, -0.1) is 0 Å². The van der Waals surface area contributed by atoms with Crippen molar-refractivity contribution in [1.82, 2.24) is 4.57 Å². The summed E-state index contributed by atoms with van der Waals surface area (Å²) in [6, 6.07) is 12.4. The van der Waals surface area contributed by atoms with E-state index in [1.807, 2.05) is 30.5 Å². The molecule has 0 saturated carbocycles. The van der Waals surface area contributed by atoms with Gasteiger partial charge >= 0.3 is 6.18 Å². The van der Waals surface area contributed by atoms with Crippen molar-refractivity contribution in [3.63, 3.8) is 0 Å². The molecule has 1 heterocycles. The molecule has 2 aromatic carbocycles. The molecule has 0 bridgehead atoms. The molecule has 1 aromatic heterocycles. The molecular weight excluding hydrogens is 353 g/mol. The molecular formula is C21H21F3N2O. The number of hydrogen-bond donors (Lipinski definition) is 1. The van der Waals surface area contributed by atoms with Crippen LogP contribution in [0.2, 0.25) is 0 Å². The first kappa shape index (κ1) is 19.0. The van der Waals surface area contributed by atoms with E-state index in [1.165, 1.54) is 12.1 Å². The highest BCUT2D eigenvalue weighted by atomic mass is 19.4. The molecule has 0 spiro atoms. The van der Waals surface area contributed by atoms with Gasteiger partial charge in [0.1, 0.15) is 0 Å². The van der Waals surface area contributed by atoms with Crippen molar-refractivity contribution in [1.29, 1.82) is 0 Å². The van der Waals surface area contributed by atoms with Crippen LogP contribution in [0.3, 0.4) is 0 Å². The minimum absolute atomic E-state index is 0.167. The summed E-state index contributed by atoms with van der Waals surface area (Å²) >= 11 is 0. The normalized spacial score (nSPS) is 11.7. The third-order valence-corrected chi connectivity index (χ3v) is 4.47. The van der Waals surface area contributed by atoms with Crippen molar-refractivity contribution in [2.24, 2.45) is 0 Å². The molecule has 6 heteroatoms. The molecule has 3 rings (SSSR count). The minimum atomic E-state index is -4.39. The van der Waals surface area contributed by atoms with Crippen LogP contribution in [0.5, 0.6) is 0 Å². The molecule has 1 N–H and O–H groups in total. The molecule has 0 aliphatic rings. The number of unbranched alkanes of at least 4 members (excludes halogenated alkanes) is 1. The van der Waals surface area contributed by atoms with E-state index in [2.05, 4.69) is 16.8 Å². The number of benzene rings is 2. The van der Waals surface area contributed by atoms with E-state index in [0.717, 1.165) is 48.0 Å². The number of nitrogens with zero attached hydrogens (tertiary/aromatic N) is 1. The Bertz CT molecular complexity index is 927. The van der Waals surface area contributed by atoms with Gasteiger partial charge in [0.15, 0.2) is 0 Å². The number of alkyl halides is 3. The third-order valence-electron chi connectivity index (χ3n) is 4.47. The molecule has 3 nitrogen and oxygen atoms in total. The quantitative estimate of drug-likeness (QED) is 0.595. The number of hydrogen-bond acceptors (Lipinski definition) is 1. The van der Waals surface area contributed by atoms with Crippen LogP contribution in [-0.2, 0) is 23.9 Å². The zero-order valence-electron chi connectivity index (χ0n) is 15.0. The number of halogens is 3. The molecule has 142 valence electrons. The van der Waals surface area contributed by atoms with Gasteiger partial charge in [-0.25, -0.2) is 0 Å². The van der Waals surface area contributed by atoms with Gasteiger partial charge in [0.2, 0.25) is 5.91 Å². The summed E-state index contributed by atoms with van der Waals surface area (Å²) in [5.74, 6) is -0.256. The largest absolute Gasteiger partial charge is 0.416 e. The average Bonchev–Trinajstić information content (AvgIpc) is 2.97. The number of rotatable bonds is 6. The number of carbonyl (C=O) groups is 1. The first-order valence-corrected chi connectivity index (χ1v) is 8.92. The number of carbonyl (C=O) groups excluding carboxylic acids is 1. The predicted molar refractivity (Wildman–Crippen MR) is 101 cm³/mol. The first-order chi connectivity index (χ1) is 12.9. The minimum Gasteiger partial charge on any atom is -0.347 e. The lowest BCUT2D eigenvalue weighted by atomic mass is 10.1. The van der Waals surface area contributed by atoms with Gasteiger partial charge in [0.25, 0.3) is 0 Å². The second-order valence-corrected chi connectivity index (χ2v) is 6.52. The Balaban J connectivity index is 1.74. The zero-order valence-corrected chi connectivity index (χ0v) is 15.0. The maximum Gasteiger partial charge on any atom is 0.416 e. The summed E-state index contributed by atoms with van der Waals surface area (Å²) in [6.07, 6.45) is -0.0950. The number of nitrogens with one attached hydrogen (secondary N) is 1. The average molecular weight is 374 g/mol. The lowest BCUT2D eigenvalue weighted by molar-refractivity contribution is -0.137. The molecule has 0 aliphatic heterocycles. The second kappa shape index (κ2) is 7.86. The molecule has 1 amide bonds. The highest BCUT2D eigenvalue weighted by Gasteiger charge is 2.30. The van der Waals surface area contributed by atoms with Crippen LogP contribution in [0.15, 0.2) is 54.7 Å². The van der Waals surface area contributed by atoms with Crippen molar-refractivity contribution in [3.8, 4) is 0 Å². The van der Waals surface area contributed by atoms with Crippen LogP contribution < -0.4 is 5.32 Å². The Labute approximate surface area is 155 Å². The Kier molecular flexibility index (Phi) is 5.54. The van der Waals surface area contributed by atoms with Gasteiger partial charge in [-0.3, -0.25) is 4.79 Å². The summed E-state index contributed by atoms with van der Waals surface area (Å²) in [7, 11) is 0. The van der Waals surface area contributed by atoms with Crippen LogP contribution in [0.4, 0.5) is 18.9 Å².